The molecule has 3 amide bonds. The number of rotatable bonds is 6. The van der Waals surface area contributed by atoms with Crippen LogP contribution in [0.2, 0.25) is 0 Å². The molecule has 2 fully saturated rings. The number of carbonyl (C=O) groups is 3. The smallest absolute Gasteiger partial charge is 0.347 e. The van der Waals surface area contributed by atoms with Crippen molar-refractivity contribution < 1.29 is 27.6 Å². The average molecular weight is 470 g/mol. The molecule has 11 heteroatoms. The lowest BCUT2D eigenvalue weighted by molar-refractivity contribution is -0.138. The van der Waals surface area contributed by atoms with Gasteiger partial charge in [-0.15, -0.1) is 0 Å². The van der Waals surface area contributed by atoms with Crippen molar-refractivity contribution in [3.63, 3.8) is 0 Å². The first-order chi connectivity index (χ1) is 15.6. The topological polar surface area (TPSA) is 76.2 Å². The molecule has 1 unspecified atom stereocenters. The molecule has 1 atom stereocenters. The van der Waals surface area contributed by atoms with Crippen LogP contribution in [0.1, 0.15) is 18.4 Å². The highest BCUT2D eigenvalue weighted by Gasteiger charge is 2.35. The fraction of sp³-hybridized carbons (Fsp3) is 0.591. The van der Waals surface area contributed by atoms with Gasteiger partial charge >= 0.3 is 6.18 Å². The predicted molar refractivity (Wildman–Crippen MR) is 116 cm³/mol. The first-order valence-corrected chi connectivity index (χ1v) is 11.0. The van der Waals surface area contributed by atoms with Gasteiger partial charge in [-0.3, -0.25) is 24.2 Å². The zero-order valence-corrected chi connectivity index (χ0v) is 18.9. The minimum atomic E-state index is -4.55. The SMILES string of the molecule is CN(C)C(=O)C1CCCN1CC(=O)N1CCN(CC(=O)Nc2ccccc2C(F)(F)F)CC1. The molecule has 0 aliphatic carbocycles. The standard InChI is InChI=1S/C22H30F3N5O3/c1-27(2)21(33)18-8-5-9-30(18)15-20(32)29-12-10-28(11-13-29)14-19(31)26-17-7-4-3-6-16(17)22(23,24)25/h3-4,6-7,18H,5,8-15H2,1-2H3,(H,26,31). The first-order valence-electron chi connectivity index (χ1n) is 11.0. The Hall–Kier alpha value is -2.66. The van der Waals surface area contributed by atoms with Gasteiger partial charge in [0.25, 0.3) is 0 Å². The third-order valence-electron chi connectivity index (χ3n) is 6.03. The average Bonchev–Trinajstić information content (AvgIpc) is 3.21. The molecule has 1 aromatic rings. The summed E-state index contributed by atoms with van der Waals surface area (Å²) in [7, 11) is 3.41. The van der Waals surface area contributed by atoms with E-state index in [9.17, 15) is 27.6 Å². The van der Waals surface area contributed by atoms with Crippen LogP contribution in [-0.2, 0) is 20.6 Å². The van der Waals surface area contributed by atoms with Gasteiger partial charge in [-0.05, 0) is 31.5 Å². The maximum absolute atomic E-state index is 13.1. The van der Waals surface area contributed by atoms with Gasteiger partial charge in [0.05, 0.1) is 30.4 Å². The summed E-state index contributed by atoms with van der Waals surface area (Å²) >= 11 is 0. The summed E-state index contributed by atoms with van der Waals surface area (Å²) in [5.41, 5.74) is -1.15. The number of nitrogens with zero attached hydrogens (tertiary/aromatic N) is 4. The molecule has 8 nitrogen and oxygen atoms in total. The van der Waals surface area contributed by atoms with Gasteiger partial charge in [-0.25, -0.2) is 0 Å². The Morgan fingerprint density at radius 1 is 1.03 bits per heavy atom. The molecular formula is C22H30F3N5O3. The molecule has 0 radical (unpaired) electrons. The van der Waals surface area contributed by atoms with Gasteiger partial charge in [-0.2, -0.15) is 13.2 Å². The molecule has 1 aromatic carbocycles. The molecule has 0 saturated carbocycles. The van der Waals surface area contributed by atoms with Gasteiger partial charge < -0.3 is 15.1 Å². The van der Waals surface area contributed by atoms with Crippen LogP contribution < -0.4 is 5.32 Å². The van der Waals surface area contributed by atoms with Crippen LogP contribution in [0, 0.1) is 0 Å². The van der Waals surface area contributed by atoms with Gasteiger partial charge in [0, 0.05) is 40.3 Å². The fourth-order valence-electron chi connectivity index (χ4n) is 4.25. The van der Waals surface area contributed by atoms with Crippen molar-refractivity contribution in [1.82, 2.24) is 19.6 Å². The summed E-state index contributed by atoms with van der Waals surface area (Å²) in [5, 5.41) is 2.35. The number of halogens is 3. The second-order valence-corrected chi connectivity index (χ2v) is 8.61. The highest BCUT2D eigenvalue weighted by atomic mass is 19.4. The van der Waals surface area contributed by atoms with Crippen LogP contribution in [0.5, 0.6) is 0 Å². The summed E-state index contributed by atoms with van der Waals surface area (Å²) in [5.74, 6) is -0.589. The molecule has 1 N–H and O–H groups in total. The maximum Gasteiger partial charge on any atom is 0.418 e. The normalized spacial score (nSPS) is 20.0. The number of hydrogen-bond donors (Lipinski definition) is 1. The molecule has 0 bridgehead atoms. The van der Waals surface area contributed by atoms with E-state index in [0.29, 0.717) is 32.7 Å². The van der Waals surface area contributed by atoms with Crippen molar-refractivity contribution in [1.29, 1.82) is 0 Å². The number of anilines is 1. The summed E-state index contributed by atoms with van der Waals surface area (Å²) in [6.07, 6.45) is -2.94. The van der Waals surface area contributed by atoms with Crippen LogP contribution in [0.15, 0.2) is 24.3 Å². The largest absolute Gasteiger partial charge is 0.418 e. The Morgan fingerprint density at radius 2 is 1.70 bits per heavy atom. The Kier molecular flexibility index (Phi) is 7.96. The number of benzene rings is 1. The van der Waals surface area contributed by atoms with Crippen LogP contribution in [-0.4, -0.2) is 103 Å². The van der Waals surface area contributed by atoms with Gasteiger partial charge in [0.15, 0.2) is 0 Å². The van der Waals surface area contributed by atoms with Crippen molar-refractivity contribution in [3.05, 3.63) is 29.8 Å². The van der Waals surface area contributed by atoms with Crippen molar-refractivity contribution in [2.24, 2.45) is 0 Å². The third kappa shape index (κ3) is 6.44. The van der Waals surface area contributed by atoms with Crippen LogP contribution >= 0.6 is 0 Å². The van der Waals surface area contributed by atoms with Crippen molar-refractivity contribution in [3.8, 4) is 0 Å². The van der Waals surface area contributed by atoms with Crippen molar-refractivity contribution in [2.45, 2.75) is 25.1 Å². The van der Waals surface area contributed by atoms with E-state index in [1.807, 2.05) is 9.80 Å². The Balaban J connectivity index is 1.47. The number of nitrogens with one attached hydrogen (secondary N) is 1. The lowest BCUT2D eigenvalue weighted by atomic mass is 10.1. The van der Waals surface area contributed by atoms with Crippen LogP contribution in [0.4, 0.5) is 18.9 Å². The fourth-order valence-corrected chi connectivity index (χ4v) is 4.25. The van der Waals surface area contributed by atoms with Crippen LogP contribution in [0.3, 0.4) is 0 Å². The minimum absolute atomic E-state index is 0.00299. The monoisotopic (exact) mass is 469 g/mol. The molecule has 2 aliphatic rings. The highest BCUT2D eigenvalue weighted by molar-refractivity contribution is 5.93. The first kappa shape index (κ1) is 25.0. The lowest BCUT2D eigenvalue weighted by Crippen LogP contribution is -2.53. The summed E-state index contributed by atoms with van der Waals surface area (Å²) < 4.78 is 39.3. The van der Waals surface area contributed by atoms with E-state index >= 15 is 0 Å². The molecule has 2 aliphatic heterocycles. The zero-order chi connectivity index (χ0) is 24.2. The Bertz CT molecular complexity index is 869. The quantitative estimate of drug-likeness (QED) is 0.681. The summed E-state index contributed by atoms with van der Waals surface area (Å²) in [6, 6.07) is 4.59. The van der Waals surface area contributed by atoms with E-state index in [4.69, 9.17) is 0 Å². The van der Waals surface area contributed by atoms with E-state index in [0.717, 1.165) is 18.9 Å². The number of likely N-dealkylation sites (N-methyl/N-ethyl adjacent to an activating group) is 1. The number of alkyl halides is 3. The van der Waals surface area contributed by atoms with E-state index in [1.54, 1.807) is 23.9 Å². The number of piperazine rings is 1. The molecule has 2 saturated heterocycles. The van der Waals surface area contributed by atoms with Crippen molar-refractivity contribution in [2.75, 3.05) is 65.2 Å². The molecule has 0 aromatic heterocycles. The molecule has 3 rings (SSSR count). The number of para-hydroxylation sites is 1. The number of amides is 3. The molecule has 33 heavy (non-hydrogen) atoms. The van der Waals surface area contributed by atoms with E-state index in [1.165, 1.54) is 18.2 Å². The summed E-state index contributed by atoms with van der Waals surface area (Å²) in [6.45, 7) is 2.56. The maximum atomic E-state index is 13.1. The summed E-state index contributed by atoms with van der Waals surface area (Å²) in [4.78, 5) is 44.4. The van der Waals surface area contributed by atoms with Gasteiger partial charge in [-0.1, -0.05) is 12.1 Å². The molecule has 2 heterocycles. The number of likely N-dealkylation sites (tertiary alicyclic amines) is 1. The van der Waals surface area contributed by atoms with Gasteiger partial charge in [0.1, 0.15) is 0 Å². The zero-order valence-electron chi connectivity index (χ0n) is 18.9. The third-order valence-corrected chi connectivity index (χ3v) is 6.03. The van der Waals surface area contributed by atoms with E-state index in [-0.39, 0.29) is 36.6 Å². The lowest BCUT2D eigenvalue weighted by Gasteiger charge is -2.35. The highest BCUT2D eigenvalue weighted by Crippen LogP contribution is 2.34. The second-order valence-electron chi connectivity index (χ2n) is 8.61. The Labute approximate surface area is 191 Å². The minimum Gasteiger partial charge on any atom is -0.347 e. The van der Waals surface area contributed by atoms with E-state index in [2.05, 4.69) is 5.32 Å². The second kappa shape index (κ2) is 10.5. The predicted octanol–water partition coefficient (Wildman–Crippen LogP) is 1.34. The number of carbonyl (C=O) groups excluding carboxylic acids is 3. The van der Waals surface area contributed by atoms with Crippen molar-refractivity contribution >= 4 is 23.4 Å². The van der Waals surface area contributed by atoms with Crippen LogP contribution in [0.25, 0.3) is 0 Å². The molecule has 182 valence electrons. The van der Waals surface area contributed by atoms with Gasteiger partial charge in [0.2, 0.25) is 17.7 Å². The van der Waals surface area contributed by atoms with E-state index < -0.39 is 17.6 Å². The molecule has 0 spiro atoms. The number of hydrogen-bond acceptors (Lipinski definition) is 5. The molecular weight excluding hydrogens is 439 g/mol. The Morgan fingerprint density at radius 3 is 2.33 bits per heavy atom.